The van der Waals surface area contributed by atoms with Gasteiger partial charge >= 0.3 is 5.97 Å². The second-order valence-corrected chi connectivity index (χ2v) is 9.08. The highest BCUT2D eigenvalue weighted by atomic mass is 16.5. The van der Waals surface area contributed by atoms with Gasteiger partial charge in [0.15, 0.2) is 11.5 Å². The molecule has 0 unspecified atom stereocenters. The number of phenolic OH excluding ortho intramolecular Hbond substituents is 1. The van der Waals surface area contributed by atoms with Gasteiger partial charge in [-0.15, -0.1) is 0 Å². The highest BCUT2D eigenvalue weighted by molar-refractivity contribution is 5.87. The quantitative estimate of drug-likeness (QED) is 0.110. The van der Waals surface area contributed by atoms with Crippen LogP contribution in [0.3, 0.4) is 0 Å². The fraction of sp³-hybridized carbons (Fsp3) is 0.690. The molecule has 194 valence electrons. The third-order valence-corrected chi connectivity index (χ3v) is 6.16. The number of esters is 1. The number of methoxy groups -OCH3 is 2. The fourth-order valence-corrected chi connectivity index (χ4v) is 4.05. The van der Waals surface area contributed by atoms with Gasteiger partial charge in [-0.05, 0) is 30.2 Å². The minimum atomic E-state index is -0.369. The Morgan fingerprint density at radius 2 is 1.15 bits per heavy atom. The minimum absolute atomic E-state index is 0.0618. The summed E-state index contributed by atoms with van der Waals surface area (Å²) in [7, 11) is 2.93. The van der Waals surface area contributed by atoms with E-state index in [9.17, 15) is 9.90 Å². The van der Waals surface area contributed by atoms with E-state index in [0.717, 1.165) is 12.8 Å². The summed E-state index contributed by atoms with van der Waals surface area (Å²) in [5, 5.41) is 9.94. The molecule has 1 aromatic carbocycles. The maximum Gasteiger partial charge on any atom is 0.330 e. The lowest BCUT2D eigenvalue weighted by Crippen LogP contribution is -2.02. The van der Waals surface area contributed by atoms with Crippen molar-refractivity contribution in [1.29, 1.82) is 0 Å². The van der Waals surface area contributed by atoms with E-state index in [0.29, 0.717) is 23.7 Å². The van der Waals surface area contributed by atoms with Crippen LogP contribution in [0.15, 0.2) is 18.2 Å². The van der Waals surface area contributed by atoms with Gasteiger partial charge in [0.2, 0.25) is 5.75 Å². The van der Waals surface area contributed by atoms with Crippen LogP contribution in [0, 0.1) is 0 Å². The second kappa shape index (κ2) is 20.2. The third-order valence-electron chi connectivity index (χ3n) is 6.16. The fourth-order valence-electron chi connectivity index (χ4n) is 4.05. The van der Waals surface area contributed by atoms with Crippen LogP contribution in [-0.4, -0.2) is 31.9 Å². The van der Waals surface area contributed by atoms with Gasteiger partial charge in [-0.1, -0.05) is 103 Å². The second-order valence-electron chi connectivity index (χ2n) is 9.08. The number of unbranched alkanes of at least 4 members (excludes halogenated alkanes) is 15. The molecule has 5 nitrogen and oxygen atoms in total. The van der Waals surface area contributed by atoms with Crippen LogP contribution >= 0.6 is 0 Å². The van der Waals surface area contributed by atoms with Crippen LogP contribution in [0.2, 0.25) is 0 Å². The van der Waals surface area contributed by atoms with Gasteiger partial charge in [-0.25, -0.2) is 4.79 Å². The van der Waals surface area contributed by atoms with Crippen molar-refractivity contribution in [3.63, 3.8) is 0 Å². The van der Waals surface area contributed by atoms with Gasteiger partial charge < -0.3 is 19.3 Å². The predicted octanol–water partition coefficient (Wildman–Crippen LogP) is 8.23. The Morgan fingerprint density at radius 3 is 1.56 bits per heavy atom. The number of ether oxygens (including phenoxy) is 3. The topological polar surface area (TPSA) is 65.0 Å². The van der Waals surface area contributed by atoms with Crippen molar-refractivity contribution in [1.82, 2.24) is 0 Å². The largest absolute Gasteiger partial charge is 0.502 e. The molecule has 1 N–H and O–H groups in total. The number of aromatic hydroxyl groups is 1. The Balaban J connectivity index is 1.98. The van der Waals surface area contributed by atoms with Gasteiger partial charge in [-0.3, -0.25) is 0 Å². The van der Waals surface area contributed by atoms with E-state index in [1.54, 1.807) is 18.2 Å². The zero-order valence-corrected chi connectivity index (χ0v) is 21.9. The summed E-state index contributed by atoms with van der Waals surface area (Å²) >= 11 is 0. The molecule has 0 atom stereocenters. The van der Waals surface area contributed by atoms with Gasteiger partial charge in [0.1, 0.15) is 0 Å². The Morgan fingerprint density at radius 1 is 0.735 bits per heavy atom. The van der Waals surface area contributed by atoms with Crippen molar-refractivity contribution < 1.29 is 24.1 Å². The summed E-state index contributed by atoms with van der Waals surface area (Å²) in [6, 6.07) is 3.27. The highest BCUT2D eigenvalue weighted by Gasteiger charge is 2.10. The van der Waals surface area contributed by atoms with Crippen LogP contribution in [0.1, 0.15) is 115 Å². The smallest absolute Gasteiger partial charge is 0.330 e. The number of benzene rings is 1. The van der Waals surface area contributed by atoms with Crippen LogP contribution in [0.25, 0.3) is 6.08 Å². The van der Waals surface area contributed by atoms with Crippen molar-refractivity contribution in [2.24, 2.45) is 0 Å². The van der Waals surface area contributed by atoms with Crippen LogP contribution < -0.4 is 9.47 Å². The Bertz CT molecular complexity index is 658. The molecule has 0 spiro atoms. The first-order chi connectivity index (χ1) is 16.6. The molecule has 0 bridgehead atoms. The lowest BCUT2D eigenvalue weighted by atomic mass is 10.0. The maximum absolute atomic E-state index is 11.9. The SMILES string of the molecule is CCCCCCCCCCCCCCCCCCOC(=O)/C=C\c1cc(OC)c(O)c(OC)c1. The molecule has 0 aliphatic heterocycles. The first kappa shape index (κ1) is 29.9. The number of rotatable bonds is 21. The van der Waals surface area contributed by atoms with Gasteiger partial charge in [0.25, 0.3) is 0 Å². The molecular weight excluding hydrogens is 428 g/mol. The molecule has 1 aromatic rings. The number of hydrogen-bond acceptors (Lipinski definition) is 5. The molecule has 0 aliphatic rings. The standard InChI is InChI=1S/C29H48O5/c1-4-5-6-7-8-9-10-11-12-13-14-15-16-17-18-19-22-34-28(30)21-20-25-23-26(32-2)29(31)27(24-25)33-3/h20-21,23-24,31H,4-19,22H2,1-3H3/b21-20-. The number of hydrogen-bond donors (Lipinski definition) is 1. The number of carbonyl (C=O) groups is 1. The highest BCUT2D eigenvalue weighted by Crippen LogP contribution is 2.37. The minimum Gasteiger partial charge on any atom is -0.502 e. The number of carbonyl (C=O) groups excluding carboxylic acids is 1. The normalized spacial score (nSPS) is 11.1. The summed E-state index contributed by atoms with van der Waals surface area (Å²) in [5.41, 5.74) is 0.686. The summed E-state index contributed by atoms with van der Waals surface area (Å²) in [6.45, 7) is 2.72. The average Bonchev–Trinajstić information content (AvgIpc) is 2.85. The van der Waals surface area contributed by atoms with E-state index in [1.807, 2.05) is 0 Å². The van der Waals surface area contributed by atoms with Crippen molar-refractivity contribution in [2.75, 3.05) is 20.8 Å². The lowest BCUT2D eigenvalue weighted by Gasteiger charge is -2.09. The molecule has 0 aliphatic carbocycles. The summed E-state index contributed by atoms with van der Waals surface area (Å²) in [4.78, 5) is 11.9. The molecule has 0 amide bonds. The van der Waals surface area contributed by atoms with Crippen molar-refractivity contribution in [2.45, 2.75) is 110 Å². The molecule has 1 rings (SSSR count). The van der Waals surface area contributed by atoms with Crippen LogP contribution in [0.4, 0.5) is 0 Å². The lowest BCUT2D eigenvalue weighted by molar-refractivity contribution is -0.137. The van der Waals surface area contributed by atoms with Crippen LogP contribution in [-0.2, 0) is 9.53 Å². The summed E-state index contributed by atoms with van der Waals surface area (Å²) in [6.07, 6.45) is 24.2. The molecule has 0 radical (unpaired) electrons. The summed E-state index contributed by atoms with van der Waals surface area (Å²) < 4.78 is 15.5. The van der Waals surface area contributed by atoms with E-state index in [2.05, 4.69) is 6.92 Å². The Labute approximate surface area is 207 Å². The predicted molar refractivity (Wildman–Crippen MR) is 141 cm³/mol. The third kappa shape index (κ3) is 14.2. The zero-order valence-electron chi connectivity index (χ0n) is 21.9. The summed E-state index contributed by atoms with van der Waals surface area (Å²) in [5.74, 6) is 0.154. The van der Waals surface area contributed by atoms with Crippen LogP contribution in [0.5, 0.6) is 17.2 Å². The molecule has 0 saturated carbocycles. The van der Waals surface area contributed by atoms with Crippen molar-refractivity contribution in [3.8, 4) is 17.2 Å². The van der Waals surface area contributed by atoms with E-state index >= 15 is 0 Å². The molecule has 0 saturated heterocycles. The first-order valence-electron chi connectivity index (χ1n) is 13.4. The van der Waals surface area contributed by atoms with Gasteiger partial charge in [0.05, 0.1) is 20.8 Å². The van der Waals surface area contributed by atoms with E-state index in [-0.39, 0.29) is 11.7 Å². The van der Waals surface area contributed by atoms with E-state index < -0.39 is 0 Å². The molecule has 34 heavy (non-hydrogen) atoms. The monoisotopic (exact) mass is 476 g/mol. The van der Waals surface area contributed by atoms with E-state index in [4.69, 9.17) is 14.2 Å². The van der Waals surface area contributed by atoms with Crippen molar-refractivity contribution >= 4 is 12.0 Å². The number of phenols is 1. The maximum atomic E-state index is 11.9. The molecule has 0 aromatic heterocycles. The average molecular weight is 477 g/mol. The Kier molecular flexibility index (Phi) is 17.8. The Hall–Kier alpha value is -2.17. The van der Waals surface area contributed by atoms with E-state index in [1.165, 1.54) is 110 Å². The molecule has 0 heterocycles. The first-order valence-corrected chi connectivity index (χ1v) is 13.4. The van der Waals surface area contributed by atoms with Gasteiger partial charge in [0, 0.05) is 6.08 Å². The van der Waals surface area contributed by atoms with Crippen molar-refractivity contribution in [3.05, 3.63) is 23.8 Å². The van der Waals surface area contributed by atoms with Gasteiger partial charge in [-0.2, -0.15) is 0 Å². The zero-order chi connectivity index (χ0) is 24.9. The molecule has 0 fully saturated rings. The molecule has 5 heteroatoms. The molecular formula is C29H48O5.